The van der Waals surface area contributed by atoms with E-state index in [0.717, 1.165) is 11.4 Å². The summed E-state index contributed by atoms with van der Waals surface area (Å²) in [6.07, 6.45) is 4.46. The summed E-state index contributed by atoms with van der Waals surface area (Å²) in [6, 6.07) is 3.46. The molecular formula is C12H12BrN3OS. The average Bonchev–Trinajstić information content (AvgIpc) is 2.84. The second kappa shape index (κ2) is 6.06. The van der Waals surface area contributed by atoms with E-state index in [2.05, 4.69) is 38.1 Å². The minimum absolute atomic E-state index is 0.150. The second-order valence-electron chi connectivity index (χ2n) is 3.60. The van der Waals surface area contributed by atoms with Gasteiger partial charge in [0, 0.05) is 17.3 Å². The van der Waals surface area contributed by atoms with Crippen molar-refractivity contribution in [3.63, 3.8) is 0 Å². The first-order valence-electron chi connectivity index (χ1n) is 5.53. The summed E-state index contributed by atoms with van der Waals surface area (Å²) in [5, 5.41) is 3.75. The summed E-state index contributed by atoms with van der Waals surface area (Å²) in [5.41, 5.74) is 0.532. The van der Waals surface area contributed by atoms with Crippen LogP contribution in [0.4, 0.5) is 0 Å². The molecule has 0 saturated carbocycles. The maximum absolute atomic E-state index is 11.9. The van der Waals surface area contributed by atoms with Gasteiger partial charge in [-0.3, -0.25) is 4.79 Å². The third-order valence-corrected chi connectivity index (χ3v) is 4.13. The number of nitrogens with one attached hydrogen (secondary N) is 1. The summed E-state index contributed by atoms with van der Waals surface area (Å²) >= 11 is 4.87. The van der Waals surface area contributed by atoms with Gasteiger partial charge in [0.05, 0.1) is 12.1 Å². The molecule has 4 nitrogen and oxygen atoms in total. The number of hydrogen-bond acceptors (Lipinski definition) is 4. The van der Waals surface area contributed by atoms with Crippen LogP contribution in [0.5, 0.6) is 0 Å². The zero-order valence-corrected chi connectivity index (χ0v) is 12.2. The monoisotopic (exact) mass is 325 g/mol. The van der Waals surface area contributed by atoms with Gasteiger partial charge in [-0.05, 0) is 34.5 Å². The van der Waals surface area contributed by atoms with Crippen LogP contribution < -0.4 is 5.32 Å². The molecule has 2 aromatic heterocycles. The first-order chi connectivity index (χ1) is 8.70. The van der Waals surface area contributed by atoms with Crippen LogP contribution in [0.15, 0.2) is 29.1 Å². The lowest BCUT2D eigenvalue weighted by atomic mass is 10.3. The Labute approximate surface area is 118 Å². The number of nitrogens with zero attached hydrogens (tertiary/aromatic N) is 2. The zero-order valence-electron chi connectivity index (χ0n) is 9.81. The molecule has 0 aliphatic carbocycles. The number of carbonyl (C=O) groups excluding carboxylic acids is 1. The number of carbonyl (C=O) groups is 1. The fraction of sp³-hybridized carbons (Fsp3) is 0.250. The Morgan fingerprint density at radius 1 is 1.50 bits per heavy atom. The number of halogens is 1. The number of aromatic nitrogens is 2. The molecule has 0 radical (unpaired) electrons. The molecular weight excluding hydrogens is 314 g/mol. The third-order valence-electron chi connectivity index (χ3n) is 2.35. The Balaban J connectivity index is 1.98. The van der Waals surface area contributed by atoms with Gasteiger partial charge in [0.25, 0.3) is 5.91 Å². The van der Waals surface area contributed by atoms with E-state index in [0.29, 0.717) is 16.7 Å². The lowest BCUT2D eigenvalue weighted by Gasteiger charge is -2.04. The second-order valence-corrected chi connectivity index (χ2v) is 5.55. The van der Waals surface area contributed by atoms with Gasteiger partial charge >= 0.3 is 0 Å². The normalized spacial score (nSPS) is 10.3. The number of aryl methyl sites for hydroxylation is 1. The molecule has 0 aliphatic rings. The van der Waals surface area contributed by atoms with Crippen LogP contribution in [0.25, 0.3) is 0 Å². The molecule has 2 heterocycles. The van der Waals surface area contributed by atoms with E-state index in [9.17, 15) is 4.79 Å². The van der Waals surface area contributed by atoms with Crippen molar-refractivity contribution in [3.05, 3.63) is 44.6 Å². The van der Waals surface area contributed by atoms with Gasteiger partial charge in [-0.2, -0.15) is 0 Å². The molecule has 2 rings (SSSR count). The van der Waals surface area contributed by atoms with Crippen molar-refractivity contribution < 1.29 is 4.79 Å². The van der Waals surface area contributed by atoms with E-state index in [1.54, 1.807) is 29.7 Å². The Bertz CT molecular complexity index is 556. The molecule has 0 bridgehead atoms. The van der Waals surface area contributed by atoms with Crippen LogP contribution in [0, 0.1) is 0 Å². The fourth-order valence-corrected chi connectivity index (χ4v) is 2.63. The lowest BCUT2D eigenvalue weighted by molar-refractivity contribution is 0.0949. The molecule has 0 aromatic carbocycles. The quantitative estimate of drug-likeness (QED) is 0.879. The first-order valence-corrected chi connectivity index (χ1v) is 7.14. The Kier molecular flexibility index (Phi) is 4.43. The Morgan fingerprint density at radius 2 is 2.33 bits per heavy atom. The van der Waals surface area contributed by atoms with Gasteiger partial charge in [0.15, 0.2) is 0 Å². The van der Waals surface area contributed by atoms with Crippen LogP contribution >= 0.6 is 27.3 Å². The van der Waals surface area contributed by atoms with Crippen LogP contribution in [0.3, 0.4) is 0 Å². The van der Waals surface area contributed by atoms with Gasteiger partial charge in [-0.15, -0.1) is 11.3 Å². The van der Waals surface area contributed by atoms with E-state index in [1.165, 1.54) is 4.88 Å². The number of pyridine rings is 1. The highest BCUT2D eigenvalue weighted by molar-refractivity contribution is 9.10. The highest BCUT2D eigenvalue weighted by Crippen LogP contribution is 2.15. The zero-order chi connectivity index (χ0) is 13.0. The number of amides is 1. The van der Waals surface area contributed by atoms with Crippen molar-refractivity contribution in [1.29, 1.82) is 0 Å². The molecule has 0 fully saturated rings. The van der Waals surface area contributed by atoms with Crippen molar-refractivity contribution in [1.82, 2.24) is 15.3 Å². The predicted octanol–water partition coefficient (Wildman–Crippen LogP) is 2.79. The summed E-state index contributed by atoms with van der Waals surface area (Å²) < 4.78 is 0.552. The molecule has 94 valence electrons. The van der Waals surface area contributed by atoms with E-state index in [4.69, 9.17) is 0 Å². The van der Waals surface area contributed by atoms with E-state index < -0.39 is 0 Å². The number of hydrogen-bond donors (Lipinski definition) is 1. The Hall–Kier alpha value is -1.27. The minimum atomic E-state index is -0.150. The maximum Gasteiger partial charge on any atom is 0.254 e. The van der Waals surface area contributed by atoms with Crippen molar-refractivity contribution in [2.24, 2.45) is 0 Å². The van der Waals surface area contributed by atoms with Gasteiger partial charge < -0.3 is 5.32 Å². The van der Waals surface area contributed by atoms with Crippen molar-refractivity contribution in [3.8, 4) is 0 Å². The van der Waals surface area contributed by atoms with Gasteiger partial charge in [0.2, 0.25) is 0 Å². The van der Waals surface area contributed by atoms with Gasteiger partial charge in [-0.25, -0.2) is 9.97 Å². The smallest absolute Gasteiger partial charge is 0.254 e. The van der Waals surface area contributed by atoms with Crippen LogP contribution in [0.1, 0.15) is 27.2 Å². The topological polar surface area (TPSA) is 54.9 Å². The first kappa shape index (κ1) is 13.2. The summed E-state index contributed by atoms with van der Waals surface area (Å²) in [7, 11) is 0. The highest BCUT2D eigenvalue weighted by atomic mass is 79.9. The standard InChI is InChI=1S/C12H12BrN3OS/c1-2-8-6-15-10(18-8)7-16-12(17)9-4-3-5-14-11(9)13/h3-6H,2,7H2,1H3,(H,16,17). The molecule has 18 heavy (non-hydrogen) atoms. The van der Waals surface area contributed by atoms with Crippen molar-refractivity contribution in [2.45, 2.75) is 19.9 Å². The minimum Gasteiger partial charge on any atom is -0.345 e. The molecule has 6 heteroatoms. The lowest BCUT2D eigenvalue weighted by Crippen LogP contribution is -2.23. The molecule has 2 aromatic rings. The maximum atomic E-state index is 11.9. The molecule has 1 amide bonds. The van der Waals surface area contributed by atoms with E-state index in [-0.39, 0.29) is 5.91 Å². The summed E-state index contributed by atoms with van der Waals surface area (Å²) in [5.74, 6) is -0.150. The van der Waals surface area contributed by atoms with Crippen molar-refractivity contribution in [2.75, 3.05) is 0 Å². The molecule has 0 saturated heterocycles. The Morgan fingerprint density at radius 3 is 3.00 bits per heavy atom. The van der Waals surface area contributed by atoms with Gasteiger partial charge in [0.1, 0.15) is 9.61 Å². The van der Waals surface area contributed by atoms with Crippen LogP contribution in [-0.2, 0) is 13.0 Å². The number of rotatable bonds is 4. The predicted molar refractivity (Wildman–Crippen MR) is 74.6 cm³/mol. The van der Waals surface area contributed by atoms with Crippen LogP contribution in [-0.4, -0.2) is 15.9 Å². The van der Waals surface area contributed by atoms with Gasteiger partial charge in [-0.1, -0.05) is 6.92 Å². The molecule has 0 atom stereocenters. The highest BCUT2D eigenvalue weighted by Gasteiger charge is 2.10. The number of thiazole rings is 1. The largest absolute Gasteiger partial charge is 0.345 e. The SMILES string of the molecule is CCc1cnc(CNC(=O)c2cccnc2Br)s1. The van der Waals surface area contributed by atoms with Crippen molar-refractivity contribution >= 4 is 33.2 Å². The van der Waals surface area contributed by atoms with E-state index in [1.807, 2.05) is 6.20 Å². The fourth-order valence-electron chi connectivity index (χ4n) is 1.40. The summed E-state index contributed by atoms with van der Waals surface area (Å²) in [6.45, 7) is 2.54. The third kappa shape index (κ3) is 3.14. The van der Waals surface area contributed by atoms with E-state index >= 15 is 0 Å². The molecule has 0 spiro atoms. The molecule has 0 aliphatic heterocycles. The van der Waals surface area contributed by atoms with Crippen LogP contribution in [0.2, 0.25) is 0 Å². The molecule has 0 unspecified atom stereocenters. The average molecular weight is 326 g/mol. The molecule has 1 N–H and O–H groups in total. The summed E-state index contributed by atoms with van der Waals surface area (Å²) in [4.78, 5) is 21.4.